The Hall–Kier alpha value is -0.130. The van der Waals surface area contributed by atoms with Crippen LogP contribution in [-0.2, 0) is 9.84 Å². The van der Waals surface area contributed by atoms with E-state index in [1.165, 1.54) is 0 Å². The van der Waals surface area contributed by atoms with Gasteiger partial charge in [-0.2, -0.15) is 0 Å². The third-order valence-electron chi connectivity index (χ3n) is 3.46. The second-order valence-electron chi connectivity index (χ2n) is 4.60. The van der Waals surface area contributed by atoms with Crippen LogP contribution in [0.3, 0.4) is 0 Å². The van der Waals surface area contributed by atoms with E-state index in [9.17, 15) is 8.42 Å². The van der Waals surface area contributed by atoms with E-state index in [1.54, 1.807) is 0 Å². The molecule has 14 heavy (non-hydrogen) atoms. The summed E-state index contributed by atoms with van der Waals surface area (Å²) in [5, 5.41) is -0.195. The molecule has 2 N–H and O–H groups in total. The van der Waals surface area contributed by atoms with Gasteiger partial charge in [0, 0.05) is 24.7 Å². The summed E-state index contributed by atoms with van der Waals surface area (Å²) in [6.07, 6.45) is 0.794. The SMILES string of the molecule is CC(C)N1C2CC(C1CN)S(=O)(=O)C2. The first-order valence-electron chi connectivity index (χ1n) is 5.16. The topological polar surface area (TPSA) is 63.4 Å². The molecule has 0 aliphatic carbocycles. The van der Waals surface area contributed by atoms with Crippen LogP contribution in [0.4, 0.5) is 0 Å². The lowest BCUT2D eigenvalue weighted by Crippen LogP contribution is -2.54. The van der Waals surface area contributed by atoms with Crippen LogP contribution in [-0.4, -0.2) is 49.0 Å². The van der Waals surface area contributed by atoms with Gasteiger partial charge < -0.3 is 5.73 Å². The lowest BCUT2D eigenvalue weighted by Gasteiger charge is -2.37. The van der Waals surface area contributed by atoms with Gasteiger partial charge in [0.1, 0.15) is 0 Å². The normalized spacial score (nSPS) is 41.0. The molecular formula is C9H18N2O2S. The largest absolute Gasteiger partial charge is 0.329 e. The average Bonchev–Trinajstić information content (AvgIpc) is 2.54. The number of nitrogens with two attached hydrogens (primary N) is 1. The van der Waals surface area contributed by atoms with Crippen molar-refractivity contribution in [2.24, 2.45) is 5.73 Å². The smallest absolute Gasteiger partial charge is 0.156 e. The van der Waals surface area contributed by atoms with Gasteiger partial charge in [-0.3, -0.25) is 4.90 Å². The fraction of sp³-hybridized carbons (Fsp3) is 1.00. The molecule has 2 aliphatic heterocycles. The minimum absolute atomic E-state index is 0.0544. The highest BCUT2D eigenvalue weighted by Gasteiger charge is 2.54. The molecule has 82 valence electrons. The van der Waals surface area contributed by atoms with Crippen LogP contribution in [0.5, 0.6) is 0 Å². The van der Waals surface area contributed by atoms with Crippen LogP contribution in [0.1, 0.15) is 20.3 Å². The Morgan fingerprint density at radius 2 is 2.14 bits per heavy atom. The summed E-state index contributed by atoms with van der Waals surface area (Å²) >= 11 is 0. The van der Waals surface area contributed by atoms with E-state index >= 15 is 0 Å². The maximum Gasteiger partial charge on any atom is 0.156 e. The number of rotatable bonds is 2. The van der Waals surface area contributed by atoms with Crippen molar-refractivity contribution >= 4 is 9.84 Å². The van der Waals surface area contributed by atoms with Gasteiger partial charge in [0.25, 0.3) is 0 Å². The van der Waals surface area contributed by atoms with Crippen LogP contribution < -0.4 is 5.73 Å². The summed E-state index contributed by atoms with van der Waals surface area (Å²) in [7, 11) is -2.84. The first-order valence-corrected chi connectivity index (χ1v) is 6.88. The van der Waals surface area contributed by atoms with Crippen LogP contribution >= 0.6 is 0 Å². The first kappa shape index (κ1) is 10.4. The van der Waals surface area contributed by atoms with Crippen LogP contribution in [0.2, 0.25) is 0 Å². The second-order valence-corrected chi connectivity index (χ2v) is 6.87. The first-order chi connectivity index (χ1) is 6.47. The van der Waals surface area contributed by atoms with Gasteiger partial charge in [-0.25, -0.2) is 8.42 Å². The van der Waals surface area contributed by atoms with Gasteiger partial charge >= 0.3 is 0 Å². The molecule has 2 rings (SSSR count). The number of hydrogen-bond donors (Lipinski definition) is 1. The monoisotopic (exact) mass is 218 g/mol. The highest BCUT2D eigenvalue weighted by molar-refractivity contribution is 7.92. The molecule has 0 aromatic rings. The van der Waals surface area contributed by atoms with Crippen LogP contribution in [0.15, 0.2) is 0 Å². The molecule has 2 heterocycles. The molecule has 0 amide bonds. The van der Waals surface area contributed by atoms with Gasteiger partial charge in [-0.15, -0.1) is 0 Å². The third kappa shape index (κ3) is 1.30. The zero-order valence-electron chi connectivity index (χ0n) is 8.68. The predicted octanol–water partition coefficient (Wildman–Crippen LogP) is -0.407. The number of nitrogens with zero attached hydrogens (tertiary/aromatic N) is 1. The van der Waals surface area contributed by atoms with E-state index in [0.29, 0.717) is 18.3 Å². The van der Waals surface area contributed by atoms with E-state index < -0.39 is 9.84 Å². The number of hydrogen-bond acceptors (Lipinski definition) is 4. The standard InChI is InChI=1S/C9H18N2O2S/c1-6(2)11-7-3-9(8(11)4-10)14(12,13)5-7/h6-9H,3-5,10H2,1-2H3. The molecule has 5 heteroatoms. The average molecular weight is 218 g/mol. The summed E-state index contributed by atoms with van der Waals surface area (Å²) in [6, 6.07) is 0.673. The van der Waals surface area contributed by atoms with Crippen molar-refractivity contribution in [2.75, 3.05) is 12.3 Å². The Bertz CT molecular complexity index is 326. The molecule has 0 aromatic heterocycles. The Morgan fingerprint density at radius 1 is 1.50 bits per heavy atom. The summed E-state index contributed by atoms with van der Waals surface area (Å²) in [6.45, 7) is 4.67. The molecule has 2 fully saturated rings. The quantitative estimate of drug-likeness (QED) is 0.684. The summed E-state index contributed by atoms with van der Waals surface area (Å²) in [4.78, 5) is 2.28. The highest BCUT2D eigenvalue weighted by atomic mass is 32.2. The fourth-order valence-corrected chi connectivity index (χ4v) is 5.36. The minimum atomic E-state index is -2.84. The van der Waals surface area contributed by atoms with Crippen molar-refractivity contribution in [1.82, 2.24) is 4.90 Å². The van der Waals surface area contributed by atoms with Crippen LogP contribution in [0, 0.1) is 0 Å². The molecule has 0 spiro atoms. The van der Waals surface area contributed by atoms with E-state index in [2.05, 4.69) is 18.7 Å². The van der Waals surface area contributed by atoms with Crippen molar-refractivity contribution in [3.05, 3.63) is 0 Å². The molecule has 3 unspecified atom stereocenters. The third-order valence-corrected chi connectivity index (χ3v) is 5.74. The number of sulfone groups is 1. The fourth-order valence-electron chi connectivity index (χ4n) is 3.02. The Labute approximate surface area is 85.4 Å². The second kappa shape index (κ2) is 3.18. The van der Waals surface area contributed by atoms with E-state index in [1.807, 2.05) is 0 Å². The van der Waals surface area contributed by atoms with E-state index in [-0.39, 0.29) is 17.3 Å². The molecule has 0 aromatic carbocycles. The summed E-state index contributed by atoms with van der Waals surface area (Å²) in [5.41, 5.74) is 5.66. The van der Waals surface area contributed by atoms with Gasteiger partial charge in [0.05, 0.1) is 11.0 Å². The molecular weight excluding hydrogens is 200 g/mol. The van der Waals surface area contributed by atoms with E-state index in [4.69, 9.17) is 5.73 Å². The van der Waals surface area contributed by atoms with E-state index in [0.717, 1.165) is 6.42 Å². The molecule has 2 saturated heterocycles. The molecule has 2 bridgehead atoms. The molecule has 2 aliphatic rings. The van der Waals surface area contributed by atoms with Crippen LogP contribution in [0.25, 0.3) is 0 Å². The summed E-state index contributed by atoms with van der Waals surface area (Å²) < 4.78 is 23.4. The van der Waals surface area contributed by atoms with Crippen molar-refractivity contribution in [1.29, 1.82) is 0 Å². The minimum Gasteiger partial charge on any atom is -0.329 e. The Morgan fingerprint density at radius 3 is 2.64 bits per heavy atom. The zero-order chi connectivity index (χ0) is 10.5. The maximum atomic E-state index is 11.7. The van der Waals surface area contributed by atoms with Gasteiger partial charge in [0.2, 0.25) is 0 Å². The molecule has 3 atom stereocenters. The van der Waals surface area contributed by atoms with Gasteiger partial charge in [-0.05, 0) is 20.3 Å². The maximum absolute atomic E-state index is 11.7. The Balaban J connectivity index is 2.29. The lowest BCUT2D eigenvalue weighted by molar-refractivity contribution is 0.157. The molecule has 0 radical (unpaired) electrons. The van der Waals surface area contributed by atoms with Crippen molar-refractivity contribution < 1.29 is 8.42 Å². The van der Waals surface area contributed by atoms with Crippen molar-refractivity contribution in [3.63, 3.8) is 0 Å². The highest BCUT2D eigenvalue weighted by Crippen LogP contribution is 2.38. The number of likely N-dealkylation sites (tertiary alicyclic amines) is 1. The van der Waals surface area contributed by atoms with Gasteiger partial charge in [0.15, 0.2) is 9.84 Å². The Kier molecular flexibility index (Phi) is 2.36. The summed E-state index contributed by atoms with van der Waals surface area (Å²) in [5.74, 6) is 0.340. The lowest BCUT2D eigenvalue weighted by atomic mass is 10.2. The van der Waals surface area contributed by atoms with Gasteiger partial charge in [-0.1, -0.05) is 0 Å². The molecule has 4 nitrogen and oxygen atoms in total. The molecule has 0 saturated carbocycles. The number of fused-ring (bicyclic) bond motifs is 2. The zero-order valence-corrected chi connectivity index (χ0v) is 9.50. The van der Waals surface area contributed by atoms with Crippen molar-refractivity contribution in [3.8, 4) is 0 Å². The van der Waals surface area contributed by atoms with Crippen molar-refractivity contribution in [2.45, 2.75) is 43.6 Å². The predicted molar refractivity (Wildman–Crippen MR) is 55.8 cm³/mol.